The van der Waals surface area contributed by atoms with Crippen LogP contribution in [-0.2, 0) is 4.79 Å². The molecule has 1 amide bonds. The van der Waals surface area contributed by atoms with E-state index in [-0.39, 0.29) is 5.91 Å². The van der Waals surface area contributed by atoms with Crippen LogP contribution in [0.25, 0.3) is 11.5 Å². The number of likely N-dealkylation sites (tertiary alicyclic amines) is 1. The predicted molar refractivity (Wildman–Crippen MR) is 103 cm³/mol. The lowest BCUT2D eigenvalue weighted by molar-refractivity contribution is -0.131. The second-order valence-corrected chi connectivity index (χ2v) is 7.47. The van der Waals surface area contributed by atoms with Gasteiger partial charge < -0.3 is 9.32 Å². The third-order valence-electron chi connectivity index (χ3n) is 4.53. The van der Waals surface area contributed by atoms with Gasteiger partial charge in [0.1, 0.15) is 5.25 Å². The Morgan fingerprint density at radius 3 is 2.59 bits per heavy atom. The number of benzene rings is 1. The number of carbonyl (C=O) groups excluding carboxylic acids is 1. The van der Waals surface area contributed by atoms with Crippen LogP contribution in [0.5, 0.6) is 0 Å². The first kappa shape index (κ1) is 17.7. The Hall–Kier alpha value is -2.67. The van der Waals surface area contributed by atoms with Gasteiger partial charge in [-0.1, -0.05) is 30.3 Å². The monoisotopic (exact) mass is 380 g/mol. The molecule has 27 heavy (non-hydrogen) atoms. The highest BCUT2D eigenvalue weighted by Crippen LogP contribution is 2.37. The Kier molecular flexibility index (Phi) is 5.48. The number of hydrogen-bond acceptors (Lipinski definition) is 6. The van der Waals surface area contributed by atoms with Crippen LogP contribution >= 0.6 is 11.8 Å². The average molecular weight is 380 g/mol. The van der Waals surface area contributed by atoms with Crippen molar-refractivity contribution in [1.29, 1.82) is 0 Å². The Bertz CT molecular complexity index is 879. The molecule has 3 aromatic rings. The number of pyridine rings is 1. The lowest BCUT2D eigenvalue weighted by Gasteiger charge is -2.29. The fraction of sp³-hybridized carbons (Fsp3) is 0.300. The molecule has 0 bridgehead atoms. The van der Waals surface area contributed by atoms with E-state index in [9.17, 15) is 4.79 Å². The molecule has 4 rings (SSSR count). The number of aromatic nitrogens is 3. The van der Waals surface area contributed by atoms with Gasteiger partial charge in [-0.3, -0.25) is 9.78 Å². The molecule has 0 aliphatic carbocycles. The minimum atomic E-state index is -0.397. The standard InChI is InChI=1S/C20H20N4O2S/c25-19(24-12-5-2-6-13-24)17(15-8-3-1-4-9-15)27-20-23-22-18(26-20)16-10-7-11-21-14-16/h1,3-4,7-11,14,17H,2,5-6,12-13H2/t17-/m1/s1. The molecule has 138 valence electrons. The third kappa shape index (κ3) is 4.19. The number of nitrogens with zero attached hydrogens (tertiary/aromatic N) is 4. The first-order valence-corrected chi connectivity index (χ1v) is 9.93. The highest BCUT2D eigenvalue weighted by molar-refractivity contribution is 8.00. The molecule has 1 saturated heterocycles. The van der Waals surface area contributed by atoms with Gasteiger partial charge in [0, 0.05) is 25.5 Å². The molecule has 0 spiro atoms. The van der Waals surface area contributed by atoms with E-state index < -0.39 is 5.25 Å². The summed E-state index contributed by atoms with van der Waals surface area (Å²) in [5.74, 6) is 0.509. The minimum absolute atomic E-state index is 0.104. The summed E-state index contributed by atoms with van der Waals surface area (Å²) >= 11 is 1.31. The van der Waals surface area contributed by atoms with Crippen LogP contribution in [-0.4, -0.2) is 39.1 Å². The SMILES string of the molecule is O=C([C@H](Sc1nnc(-c2cccnc2)o1)c1ccccc1)N1CCCCC1. The smallest absolute Gasteiger partial charge is 0.277 e. The summed E-state index contributed by atoms with van der Waals surface area (Å²) in [7, 11) is 0. The molecule has 3 heterocycles. The summed E-state index contributed by atoms with van der Waals surface area (Å²) in [6, 6.07) is 13.5. The van der Waals surface area contributed by atoms with Crippen LogP contribution in [0, 0.1) is 0 Å². The first-order valence-electron chi connectivity index (χ1n) is 9.05. The van der Waals surface area contributed by atoms with Crippen LogP contribution in [0.15, 0.2) is 64.5 Å². The van der Waals surface area contributed by atoms with Gasteiger partial charge in [-0.25, -0.2) is 0 Å². The van der Waals surface area contributed by atoms with Gasteiger partial charge in [0.25, 0.3) is 5.22 Å². The fourth-order valence-electron chi connectivity index (χ4n) is 3.13. The summed E-state index contributed by atoms with van der Waals surface area (Å²) in [6.07, 6.45) is 6.67. The molecular weight excluding hydrogens is 360 g/mol. The van der Waals surface area contributed by atoms with E-state index in [4.69, 9.17) is 4.42 Å². The highest BCUT2D eigenvalue weighted by atomic mass is 32.2. The van der Waals surface area contributed by atoms with Crippen molar-refractivity contribution in [1.82, 2.24) is 20.1 Å². The van der Waals surface area contributed by atoms with Gasteiger partial charge in [0.15, 0.2) is 0 Å². The van der Waals surface area contributed by atoms with Crippen molar-refractivity contribution in [3.8, 4) is 11.5 Å². The lowest BCUT2D eigenvalue weighted by atomic mass is 10.1. The van der Waals surface area contributed by atoms with Crippen molar-refractivity contribution in [2.45, 2.75) is 29.7 Å². The molecule has 0 radical (unpaired) electrons. The lowest BCUT2D eigenvalue weighted by Crippen LogP contribution is -2.38. The zero-order valence-electron chi connectivity index (χ0n) is 14.8. The summed E-state index contributed by atoms with van der Waals surface area (Å²) in [4.78, 5) is 19.2. The minimum Gasteiger partial charge on any atom is -0.411 e. The Balaban J connectivity index is 1.58. The molecule has 0 saturated carbocycles. The molecular formula is C20H20N4O2S. The molecule has 1 fully saturated rings. The van der Waals surface area contributed by atoms with E-state index in [0.29, 0.717) is 11.1 Å². The number of carbonyl (C=O) groups is 1. The van der Waals surface area contributed by atoms with Crippen molar-refractivity contribution in [3.05, 3.63) is 60.4 Å². The zero-order valence-corrected chi connectivity index (χ0v) is 15.6. The van der Waals surface area contributed by atoms with Crippen LogP contribution in [0.2, 0.25) is 0 Å². The summed E-state index contributed by atoms with van der Waals surface area (Å²) < 4.78 is 5.79. The highest BCUT2D eigenvalue weighted by Gasteiger charge is 2.29. The van der Waals surface area contributed by atoms with Gasteiger partial charge in [-0.15, -0.1) is 10.2 Å². The number of piperidine rings is 1. The molecule has 2 aromatic heterocycles. The van der Waals surface area contributed by atoms with E-state index in [1.54, 1.807) is 12.4 Å². The Morgan fingerprint density at radius 1 is 1.04 bits per heavy atom. The maximum Gasteiger partial charge on any atom is 0.277 e. The van der Waals surface area contributed by atoms with Crippen molar-refractivity contribution in [3.63, 3.8) is 0 Å². The van der Waals surface area contributed by atoms with Gasteiger partial charge in [0.2, 0.25) is 11.8 Å². The quantitative estimate of drug-likeness (QED) is 0.624. The van der Waals surface area contributed by atoms with Gasteiger partial charge in [-0.2, -0.15) is 0 Å². The summed E-state index contributed by atoms with van der Waals surface area (Å²) in [5.41, 5.74) is 1.70. The molecule has 7 heteroatoms. The van der Waals surface area contributed by atoms with Gasteiger partial charge >= 0.3 is 0 Å². The summed E-state index contributed by atoms with van der Waals surface area (Å²) in [6.45, 7) is 1.63. The number of amides is 1. The normalized spacial score (nSPS) is 15.5. The molecule has 6 nitrogen and oxygen atoms in total. The maximum absolute atomic E-state index is 13.2. The van der Waals surface area contributed by atoms with E-state index in [1.807, 2.05) is 47.4 Å². The zero-order chi connectivity index (χ0) is 18.5. The molecule has 1 aromatic carbocycles. The number of rotatable bonds is 5. The van der Waals surface area contributed by atoms with Crippen LogP contribution in [0.4, 0.5) is 0 Å². The number of hydrogen-bond donors (Lipinski definition) is 0. The third-order valence-corrected chi connectivity index (χ3v) is 5.60. The summed E-state index contributed by atoms with van der Waals surface area (Å²) in [5, 5.41) is 8.22. The average Bonchev–Trinajstić information content (AvgIpc) is 3.22. The van der Waals surface area contributed by atoms with Crippen LogP contribution < -0.4 is 0 Å². The second kappa shape index (κ2) is 8.35. The molecule has 0 unspecified atom stereocenters. The molecule has 1 aliphatic rings. The van der Waals surface area contributed by atoms with Gasteiger partial charge in [-0.05, 0) is 48.7 Å². The number of thioether (sulfide) groups is 1. The topological polar surface area (TPSA) is 72.1 Å². The van der Waals surface area contributed by atoms with Crippen molar-refractivity contribution < 1.29 is 9.21 Å². The predicted octanol–water partition coefficient (Wildman–Crippen LogP) is 3.98. The fourth-order valence-corrected chi connectivity index (χ4v) is 4.09. The van der Waals surface area contributed by atoms with E-state index in [1.165, 1.54) is 18.2 Å². The van der Waals surface area contributed by atoms with Crippen molar-refractivity contribution >= 4 is 17.7 Å². The second-order valence-electron chi connectivity index (χ2n) is 6.41. The molecule has 1 atom stereocenters. The molecule has 0 N–H and O–H groups in total. The first-order chi connectivity index (χ1) is 13.3. The van der Waals surface area contributed by atoms with E-state index >= 15 is 0 Å². The molecule has 1 aliphatic heterocycles. The van der Waals surface area contributed by atoms with Crippen molar-refractivity contribution in [2.75, 3.05) is 13.1 Å². The maximum atomic E-state index is 13.2. The Labute approximate surface area is 162 Å². The van der Waals surface area contributed by atoms with Gasteiger partial charge in [0.05, 0.1) is 5.56 Å². The van der Waals surface area contributed by atoms with E-state index in [2.05, 4.69) is 15.2 Å². The van der Waals surface area contributed by atoms with E-state index in [0.717, 1.165) is 37.1 Å². The van der Waals surface area contributed by atoms with Crippen LogP contribution in [0.3, 0.4) is 0 Å². The Morgan fingerprint density at radius 2 is 1.85 bits per heavy atom. The largest absolute Gasteiger partial charge is 0.411 e. The van der Waals surface area contributed by atoms with Crippen molar-refractivity contribution in [2.24, 2.45) is 0 Å². The van der Waals surface area contributed by atoms with Crippen LogP contribution in [0.1, 0.15) is 30.1 Å².